The van der Waals surface area contributed by atoms with Gasteiger partial charge in [0.15, 0.2) is 5.71 Å². The number of hydrogen-bond donors (Lipinski definition) is 6. The van der Waals surface area contributed by atoms with Crippen LogP contribution in [-0.2, 0) is 55.6 Å². The smallest absolute Gasteiger partial charge is 0.303 e. The summed E-state index contributed by atoms with van der Waals surface area (Å²) in [5.74, 6) is -5.56. The van der Waals surface area contributed by atoms with Gasteiger partial charge in [-0.15, -0.1) is 0 Å². The second-order valence-electron chi connectivity index (χ2n) is 18.3. The van der Waals surface area contributed by atoms with Crippen LogP contribution in [0.4, 0.5) is 20.2 Å². The van der Waals surface area contributed by atoms with Crippen molar-refractivity contribution in [1.29, 1.82) is 0 Å². The molecule has 0 saturated heterocycles. The molecule has 1 atom stereocenters. The van der Waals surface area contributed by atoms with E-state index < -0.39 is 99.8 Å². The van der Waals surface area contributed by atoms with Crippen molar-refractivity contribution in [3.8, 4) is 0 Å². The minimum atomic E-state index is -4.54. The molecule has 68 heavy (non-hydrogen) atoms. The summed E-state index contributed by atoms with van der Waals surface area (Å²) in [4.78, 5) is 42.0. The summed E-state index contributed by atoms with van der Waals surface area (Å²) >= 11 is 0. The third-order valence-electron chi connectivity index (χ3n) is 12.4. The highest BCUT2D eigenvalue weighted by Crippen LogP contribution is 2.49. The number of carbonyl (C=O) groups is 3. The van der Waals surface area contributed by atoms with E-state index in [1.165, 1.54) is 24.3 Å². The second kappa shape index (κ2) is 21.2. The van der Waals surface area contributed by atoms with E-state index in [2.05, 4.69) is 10.6 Å². The monoisotopic (exact) mass is 1010 g/mol. The number of amides is 2. The predicted molar refractivity (Wildman–Crippen MR) is 252 cm³/mol. The Bertz CT molecular complexity index is 2820. The number of nitrogens with one attached hydrogen (secondary N) is 2. The Morgan fingerprint density at radius 1 is 0.721 bits per heavy atom. The molecule has 1 aliphatic carbocycles. The SMILES string of the molecule is CC1(C)C(/C=C/C2=CC(=C/C=C3/N(CCCS(=O)(=O)O)c4ccc(F)cc4C3(C)C)/CC(C(=O)NCCCCCC(=O)O)(C(=O)NCCS(=O)(=O)O)C2)=[N+](CCCS(=O)(=O)O)c2ccc(F)cc21. The topological polar surface area (TPSA) is 265 Å². The molecule has 6 N–H and O–H groups in total. The summed E-state index contributed by atoms with van der Waals surface area (Å²) in [6.07, 6.45) is 9.03. The van der Waals surface area contributed by atoms with Gasteiger partial charge in [-0.3, -0.25) is 28.0 Å². The normalized spacial score (nSPS) is 20.2. The highest BCUT2D eigenvalue weighted by atomic mass is 32.2. The van der Waals surface area contributed by atoms with E-state index in [4.69, 9.17) is 5.11 Å². The predicted octanol–water partition coefficient (Wildman–Crippen LogP) is 5.53. The minimum Gasteiger partial charge on any atom is -0.481 e. The van der Waals surface area contributed by atoms with E-state index in [-0.39, 0.29) is 51.7 Å². The van der Waals surface area contributed by atoms with E-state index >= 15 is 0 Å². The molecule has 2 aromatic carbocycles. The van der Waals surface area contributed by atoms with Gasteiger partial charge in [-0.05, 0) is 99.1 Å². The first-order valence-electron chi connectivity index (χ1n) is 22.0. The number of nitrogens with zero attached hydrogens (tertiary/aromatic N) is 2. The molecule has 1 unspecified atom stereocenters. The van der Waals surface area contributed by atoms with Gasteiger partial charge in [0.2, 0.25) is 17.5 Å². The summed E-state index contributed by atoms with van der Waals surface area (Å²) in [5.41, 5.74) is 0.610. The molecule has 22 heteroatoms. The summed E-state index contributed by atoms with van der Waals surface area (Å²) in [7, 11) is -13.2. The summed E-state index contributed by atoms with van der Waals surface area (Å²) in [5, 5.41) is 14.4. The van der Waals surface area contributed by atoms with Gasteiger partial charge >= 0.3 is 5.97 Å². The standard InChI is InChI=1S/C46H58F2N4O13S3/c1-44(2)35-27-33(47)13-15-37(35)51(21-8-23-66(57,58)59)39(44)17-11-31-26-32(12-18-40-45(3,4)36-28-34(48)14-16-38(36)52(40)22-9-24-67(60,61)62)30-46(29-31,43(56)50-20-25-68(63,64)65)42(55)49-19-7-5-6-10-41(53)54/h11-18,26-28H,5-10,19-25,29-30H2,1-4H3,(H5-,49,50,53,54,55,56,57,58,59,60,61,62,63,64,65)/p+1. The average molecular weight is 1010 g/mol. The minimum absolute atomic E-state index is 0.00364. The van der Waals surface area contributed by atoms with Crippen LogP contribution in [0.2, 0.25) is 0 Å². The fourth-order valence-corrected chi connectivity index (χ4v) is 10.5. The zero-order valence-corrected chi connectivity index (χ0v) is 40.7. The number of fused-ring (bicyclic) bond motifs is 2. The number of hydrogen-bond acceptors (Lipinski definition) is 10. The number of benzene rings is 2. The van der Waals surface area contributed by atoms with Gasteiger partial charge in [-0.25, -0.2) is 8.78 Å². The van der Waals surface area contributed by atoms with Crippen molar-refractivity contribution in [3.63, 3.8) is 0 Å². The highest BCUT2D eigenvalue weighted by molar-refractivity contribution is 7.86. The lowest BCUT2D eigenvalue weighted by atomic mass is 9.70. The van der Waals surface area contributed by atoms with Gasteiger partial charge in [0.05, 0.1) is 22.7 Å². The van der Waals surface area contributed by atoms with Crippen molar-refractivity contribution >= 4 is 65.2 Å². The van der Waals surface area contributed by atoms with Crippen LogP contribution in [0.15, 0.2) is 83.6 Å². The molecule has 5 rings (SSSR count). The van der Waals surface area contributed by atoms with Crippen LogP contribution < -0.4 is 15.5 Å². The van der Waals surface area contributed by atoms with Gasteiger partial charge in [0.1, 0.15) is 23.6 Å². The molecule has 0 aromatic heterocycles. The highest BCUT2D eigenvalue weighted by Gasteiger charge is 2.49. The average Bonchev–Trinajstić information content (AvgIpc) is 3.55. The quantitative estimate of drug-likeness (QED) is 0.0367. The van der Waals surface area contributed by atoms with Gasteiger partial charge in [-0.2, -0.15) is 29.8 Å². The number of rotatable bonds is 22. The van der Waals surface area contributed by atoms with Crippen LogP contribution in [0, 0.1) is 17.0 Å². The molecule has 2 aromatic rings. The number of aliphatic carboxylic acids is 1. The van der Waals surface area contributed by atoms with Crippen LogP contribution in [0.25, 0.3) is 0 Å². The first kappa shape index (κ1) is 53.8. The molecule has 0 bridgehead atoms. The number of carboxylic acids is 1. The molecule has 2 heterocycles. The second-order valence-corrected chi connectivity index (χ2v) is 23.0. The Morgan fingerprint density at radius 2 is 1.32 bits per heavy atom. The fourth-order valence-electron chi connectivity index (χ4n) is 9.11. The number of anilines is 1. The zero-order chi connectivity index (χ0) is 50.5. The van der Waals surface area contributed by atoms with Crippen molar-refractivity contribution in [2.45, 2.75) is 89.9 Å². The Hall–Kier alpha value is -5.13. The Morgan fingerprint density at radius 3 is 1.96 bits per heavy atom. The Kier molecular flexibility index (Phi) is 16.8. The van der Waals surface area contributed by atoms with Crippen molar-refractivity contribution in [3.05, 3.63) is 106 Å². The molecule has 0 radical (unpaired) electrons. The molecule has 3 aliphatic rings. The molecule has 0 spiro atoms. The first-order valence-corrected chi connectivity index (χ1v) is 26.8. The van der Waals surface area contributed by atoms with Crippen molar-refractivity contribution in [1.82, 2.24) is 10.6 Å². The molecule has 372 valence electrons. The summed E-state index contributed by atoms with van der Waals surface area (Å²) in [6, 6.07) is 8.40. The van der Waals surface area contributed by atoms with Crippen LogP contribution in [0.1, 0.15) is 90.2 Å². The van der Waals surface area contributed by atoms with Crippen molar-refractivity contribution < 1.29 is 71.8 Å². The lowest BCUT2D eigenvalue weighted by Crippen LogP contribution is -2.53. The largest absolute Gasteiger partial charge is 0.481 e. The maximum Gasteiger partial charge on any atom is 0.303 e. The molecule has 2 aliphatic heterocycles. The van der Waals surface area contributed by atoms with Crippen molar-refractivity contribution in [2.75, 3.05) is 48.3 Å². The first-order chi connectivity index (χ1) is 31.5. The lowest BCUT2D eigenvalue weighted by Gasteiger charge is -2.35. The maximum atomic E-state index is 14.7. The lowest BCUT2D eigenvalue weighted by molar-refractivity contribution is -0.437. The third kappa shape index (κ3) is 13.6. The summed E-state index contributed by atoms with van der Waals surface area (Å²) in [6.45, 7) is 7.05. The van der Waals surface area contributed by atoms with Gasteiger partial charge in [0, 0.05) is 67.0 Å². The fraction of sp³-hybridized carbons (Fsp3) is 0.478. The number of carbonyl (C=O) groups excluding carboxylic acids is 2. The Labute approximate surface area is 396 Å². The molecule has 2 amide bonds. The van der Waals surface area contributed by atoms with Crippen LogP contribution in [0.3, 0.4) is 0 Å². The summed E-state index contributed by atoms with van der Waals surface area (Å²) < 4.78 is 130. The zero-order valence-electron chi connectivity index (χ0n) is 38.3. The van der Waals surface area contributed by atoms with E-state index in [0.29, 0.717) is 64.3 Å². The number of halogens is 2. The maximum absolute atomic E-state index is 14.7. The van der Waals surface area contributed by atoms with E-state index in [1.807, 2.05) is 27.7 Å². The Balaban J connectivity index is 1.66. The van der Waals surface area contributed by atoms with Gasteiger partial charge in [-0.1, -0.05) is 38.5 Å². The number of allylic oxidation sites excluding steroid dienone is 8. The third-order valence-corrected chi connectivity index (χ3v) is 14.8. The van der Waals surface area contributed by atoms with E-state index in [1.54, 1.807) is 52.0 Å². The molecular formula is C46H59F2N4O13S3+. The van der Waals surface area contributed by atoms with E-state index in [9.17, 15) is 62.1 Å². The van der Waals surface area contributed by atoms with E-state index in [0.717, 1.165) is 0 Å². The van der Waals surface area contributed by atoms with Crippen LogP contribution in [0.5, 0.6) is 0 Å². The van der Waals surface area contributed by atoms with Gasteiger partial charge < -0.3 is 20.6 Å². The van der Waals surface area contributed by atoms with Crippen molar-refractivity contribution in [2.24, 2.45) is 5.41 Å². The van der Waals surface area contributed by atoms with Crippen LogP contribution >= 0.6 is 0 Å². The molecular weight excluding hydrogens is 951 g/mol. The van der Waals surface area contributed by atoms with Crippen LogP contribution in [-0.4, -0.2) is 116 Å². The number of carboxylic acid groups (broad SMARTS) is 1. The molecule has 17 nitrogen and oxygen atoms in total. The molecule has 0 fully saturated rings. The van der Waals surface area contributed by atoms with Gasteiger partial charge in [0.25, 0.3) is 30.4 Å². The number of unbranched alkanes of at least 4 members (excludes halogenated alkanes) is 2. The molecule has 0 saturated carbocycles.